The third-order valence-corrected chi connectivity index (χ3v) is 3.83. The number of nitrogens with zero attached hydrogens (tertiary/aromatic N) is 2. The van der Waals surface area contributed by atoms with Gasteiger partial charge in [-0.15, -0.1) is 0 Å². The Balaban J connectivity index is 2.11. The normalized spacial score (nSPS) is 18.8. The number of aliphatic carboxylic acids is 1. The average molecular weight is 299 g/mol. The molecule has 1 aliphatic rings. The SMILES string of the molecule is CC(C)n1cc(Cl)cc1C(=O)N1CCC(CC(=O)O)C1. The molecule has 1 saturated heterocycles. The minimum Gasteiger partial charge on any atom is -0.481 e. The summed E-state index contributed by atoms with van der Waals surface area (Å²) in [5, 5.41) is 9.36. The van der Waals surface area contributed by atoms with Gasteiger partial charge in [-0.1, -0.05) is 11.6 Å². The maximum absolute atomic E-state index is 12.5. The fraction of sp³-hybridized carbons (Fsp3) is 0.571. The maximum atomic E-state index is 12.5. The third kappa shape index (κ3) is 3.15. The molecule has 20 heavy (non-hydrogen) atoms. The standard InChI is InChI=1S/C14H19ClN2O3/c1-9(2)17-8-11(15)6-12(17)14(20)16-4-3-10(7-16)5-13(18)19/h6,8-10H,3-5,7H2,1-2H3,(H,18,19). The van der Waals surface area contributed by atoms with Crippen LogP contribution in [0.3, 0.4) is 0 Å². The molecular weight excluding hydrogens is 280 g/mol. The molecule has 0 saturated carbocycles. The number of rotatable bonds is 4. The van der Waals surface area contributed by atoms with Crippen molar-refractivity contribution in [2.24, 2.45) is 5.92 Å². The third-order valence-electron chi connectivity index (χ3n) is 3.63. The lowest BCUT2D eigenvalue weighted by molar-refractivity contribution is -0.138. The Kier molecular flexibility index (Phi) is 4.38. The highest BCUT2D eigenvalue weighted by Crippen LogP contribution is 2.25. The van der Waals surface area contributed by atoms with E-state index in [9.17, 15) is 9.59 Å². The van der Waals surface area contributed by atoms with E-state index in [2.05, 4.69) is 0 Å². The molecule has 2 rings (SSSR count). The van der Waals surface area contributed by atoms with Gasteiger partial charge in [0.2, 0.25) is 0 Å². The minimum atomic E-state index is -0.808. The molecule has 1 aromatic heterocycles. The second-order valence-corrected chi connectivity index (χ2v) is 5.98. The van der Waals surface area contributed by atoms with E-state index >= 15 is 0 Å². The van der Waals surface area contributed by atoms with Crippen molar-refractivity contribution < 1.29 is 14.7 Å². The van der Waals surface area contributed by atoms with Crippen molar-refractivity contribution in [3.63, 3.8) is 0 Å². The van der Waals surface area contributed by atoms with Crippen LogP contribution in [0.15, 0.2) is 12.3 Å². The van der Waals surface area contributed by atoms with Crippen LogP contribution in [0.25, 0.3) is 0 Å². The fourth-order valence-electron chi connectivity index (χ4n) is 2.64. The molecule has 1 atom stereocenters. The summed E-state index contributed by atoms with van der Waals surface area (Å²) < 4.78 is 1.86. The highest BCUT2D eigenvalue weighted by molar-refractivity contribution is 6.31. The molecule has 2 heterocycles. The van der Waals surface area contributed by atoms with E-state index in [1.165, 1.54) is 0 Å². The Morgan fingerprint density at radius 3 is 2.80 bits per heavy atom. The van der Waals surface area contributed by atoms with Crippen LogP contribution >= 0.6 is 11.6 Å². The quantitative estimate of drug-likeness (QED) is 0.929. The van der Waals surface area contributed by atoms with Crippen LogP contribution in [0.4, 0.5) is 0 Å². The average Bonchev–Trinajstić information content (AvgIpc) is 2.94. The Morgan fingerprint density at radius 1 is 1.50 bits per heavy atom. The molecule has 0 radical (unpaired) electrons. The van der Waals surface area contributed by atoms with Crippen LogP contribution in [-0.4, -0.2) is 39.5 Å². The summed E-state index contributed by atoms with van der Waals surface area (Å²) in [7, 11) is 0. The summed E-state index contributed by atoms with van der Waals surface area (Å²) in [5.41, 5.74) is 0.570. The summed E-state index contributed by atoms with van der Waals surface area (Å²) in [6.07, 6.45) is 2.62. The molecule has 0 spiro atoms. The number of hydrogen-bond donors (Lipinski definition) is 1. The number of hydrogen-bond acceptors (Lipinski definition) is 2. The highest BCUT2D eigenvalue weighted by atomic mass is 35.5. The second-order valence-electron chi connectivity index (χ2n) is 5.55. The first-order valence-corrected chi connectivity index (χ1v) is 7.14. The molecule has 1 amide bonds. The number of amides is 1. The van der Waals surface area contributed by atoms with Gasteiger partial charge in [0.05, 0.1) is 5.02 Å². The van der Waals surface area contributed by atoms with Gasteiger partial charge in [0.25, 0.3) is 5.91 Å². The van der Waals surface area contributed by atoms with E-state index in [0.717, 1.165) is 6.42 Å². The van der Waals surface area contributed by atoms with Crippen LogP contribution in [0.2, 0.25) is 5.02 Å². The first kappa shape index (κ1) is 14.9. The highest BCUT2D eigenvalue weighted by Gasteiger charge is 2.30. The molecule has 0 aliphatic carbocycles. The molecule has 1 aromatic rings. The van der Waals surface area contributed by atoms with Gasteiger partial charge >= 0.3 is 5.97 Å². The Hall–Kier alpha value is -1.49. The number of halogens is 1. The van der Waals surface area contributed by atoms with Gasteiger partial charge < -0.3 is 14.6 Å². The second kappa shape index (κ2) is 5.87. The molecule has 5 nitrogen and oxygen atoms in total. The number of likely N-dealkylation sites (tertiary alicyclic amines) is 1. The molecule has 0 bridgehead atoms. The summed E-state index contributed by atoms with van der Waals surface area (Å²) >= 11 is 5.99. The largest absolute Gasteiger partial charge is 0.481 e. The summed E-state index contributed by atoms with van der Waals surface area (Å²) in [4.78, 5) is 25.0. The van der Waals surface area contributed by atoms with Crippen LogP contribution in [-0.2, 0) is 4.79 Å². The summed E-state index contributed by atoms with van der Waals surface area (Å²) in [6.45, 7) is 5.10. The zero-order chi connectivity index (χ0) is 14.9. The predicted molar refractivity (Wildman–Crippen MR) is 76.1 cm³/mol. The van der Waals surface area contributed by atoms with E-state index in [1.54, 1.807) is 17.2 Å². The monoisotopic (exact) mass is 298 g/mol. The first-order chi connectivity index (χ1) is 9.38. The van der Waals surface area contributed by atoms with Crippen LogP contribution in [0.5, 0.6) is 0 Å². The van der Waals surface area contributed by atoms with E-state index in [0.29, 0.717) is 23.8 Å². The van der Waals surface area contributed by atoms with Crippen molar-refractivity contribution in [1.82, 2.24) is 9.47 Å². The molecule has 6 heteroatoms. The Morgan fingerprint density at radius 2 is 2.20 bits per heavy atom. The molecule has 1 aliphatic heterocycles. The van der Waals surface area contributed by atoms with Crippen LogP contribution in [0.1, 0.15) is 43.2 Å². The number of carboxylic acid groups (broad SMARTS) is 1. The van der Waals surface area contributed by atoms with Crippen molar-refractivity contribution in [3.05, 3.63) is 23.0 Å². The van der Waals surface area contributed by atoms with E-state index in [4.69, 9.17) is 16.7 Å². The maximum Gasteiger partial charge on any atom is 0.303 e. The van der Waals surface area contributed by atoms with Crippen molar-refractivity contribution in [2.45, 2.75) is 32.7 Å². The zero-order valence-electron chi connectivity index (χ0n) is 11.7. The lowest BCUT2D eigenvalue weighted by Crippen LogP contribution is -2.31. The van der Waals surface area contributed by atoms with E-state index in [-0.39, 0.29) is 24.3 Å². The number of aromatic nitrogens is 1. The van der Waals surface area contributed by atoms with Gasteiger partial charge in [0.1, 0.15) is 5.69 Å². The van der Waals surface area contributed by atoms with Crippen molar-refractivity contribution in [1.29, 1.82) is 0 Å². The molecular formula is C14H19ClN2O3. The lowest BCUT2D eigenvalue weighted by Gasteiger charge is -2.19. The van der Waals surface area contributed by atoms with Gasteiger partial charge in [0.15, 0.2) is 0 Å². The number of carbonyl (C=O) groups excluding carboxylic acids is 1. The first-order valence-electron chi connectivity index (χ1n) is 6.77. The zero-order valence-corrected chi connectivity index (χ0v) is 12.4. The number of carbonyl (C=O) groups is 2. The fourth-order valence-corrected chi connectivity index (χ4v) is 2.85. The molecule has 110 valence electrons. The summed E-state index contributed by atoms with van der Waals surface area (Å²) in [5.74, 6) is -0.828. The van der Waals surface area contributed by atoms with Gasteiger partial charge in [-0.25, -0.2) is 0 Å². The van der Waals surface area contributed by atoms with Gasteiger partial charge in [-0.3, -0.25) is 9.59 Å². The van der Waals surface area contributed by atoms with Crippen LogP contribution < -0.4 is 0 Å². The topological polar surface area (TPSA) is 62.5 Å². The Bertz CT molecular complexity index is 524. The number of carboxylic acids is 1. The van der Waals surface area contributed by atoms with Crippen LogP contribution in [0, 0.1) is 5.92 Å². The van der Waals surface area contributed by atoms with Crippen molar-refractivity contribution in [3.8, 4) is 0 Å². The van der Waals surface area contributed by atoms with Gasteiger partial charge in [0, 0.05) is 31.7 Å². The van der Waals surface area contributed by atoms with E-state index < -0.39 is 5.97 Å². The molecule has 1 unspecified atom stereocenters. The van der Waals surface area contributed by atoms with E-state index in [1.807, 2.05) is 18.4 Å². The van der Waals surface area contributed by atoms with Crippen molar-refractivity contribution in [2.75, 3.05) is 13.1 Å². The predicted octanol–water partition coefficient (Wildman–Crippen LogP) is 2.66. The summed E-state index contributed by atoms with van der Waals surface area (Å²) in [6, 6.07) is 1.83. The lowest BCUT2D eigenvalue weighted by atomic mass is 10.1. The molecule has 0 aromatic carbocycles. The van der Waals surface area contributed by atoms with Crippen molar-refractivity contribution >= 4 is 23.5 Å². The van der Waals surface area contributed by atoms with Gasteiger partial charge in [-0.05, 0) is 32.3 Å². The van der Waals surface area contributed by atoms with Gasteiger partial charge in [-0.2, -0.15) is 0 Å². The smallest absolute Gasteiger partial charge is 0.303 e. The Labute approximate surface area is 123 Å². The minimum absolute atomic E-state index is 0.0504. The molecule has 1 fully saturated rings. The molecule has 1 N–H and O–H groups in total.